The summed E-state index contributed by atoms with van der Waals surface area (Å²) in [5, 5.41) is 7.05. The Bertz CT molecular complexity index is 374. The summed E-state index contributed by atoms with van der Waals surface area (Å²) in [5.41, 5.74) is 0. The minimum atomic E-state index is 0.0793. The molecule has 1 aromatic rings. The van der Waals surface area contributed by atoms with Gasteiger partial charge in [-0.15, -0.1) is 0 Å². The van der Waals surface area contributed by atoms with Crippen LogP contribution in [0.15, 0.2) is 18.5 Å². The van der Waals surface area contributed by atoms with E-state index in [2.05, 4.69) is 22.2 Å². The first-order valence-electron chi connectivity index (χ1n) is 6.81. The third kappa shape index (κ3) is 4.65. The van der Waals surface area contributed by atoms with Crippen molar-refractivity contribution in [3.05, 3.63) is 18.5 Å². The minimum Gasteiger partial charge on any atom is -0.379 e. The van der Waals surface area contributed by atoms with E-state index in [1.54, 1.807) is 10.9 Å². The first kappa shape index (κ1) is 14.0. The number of morpholine rings is 1. The number of hydrogen-bond donors (Lipinski definition) is 1. The lowest BCUT2D eigenvalue weighted by molar-refractivity contribution is -0.121. The largest absolute Gasteiger partial charge is 0.379 e. The molecule has 1 fully saturated rings. The van der Waals surface area contributed by atoms with Crippen LogP contribution >= 0.6 is 0 Å². The quantitative estimate of drug-likeness (QED) is 0.794. The van der Waals surface area contributed by atoms with Crippen LogP contribution < -0.4 is 5.32 Å². The van der Waals surface area contributed by atoms with E-state index in [1.165, 1.54) is 0 Å². The molecule has 0 unspecified atom stereocenters. The molecule has 1 atom stereocenters. The van der Waals surface area contributed by atoms with E-state index in [-0.39, 0.29) is 5.91 Å². The lowest BCUT2D eigenvalue weighted by Gasteiger charge is -2.32. The van der Waals surface area contributed by atoms with E-state index in [0.717, 1.165) is 26.3 Å². The van der Waals surface area contributed by atoms with Crippen LogP contribution in [0, 0.1) is 0 Å². The Kier molecular flexibility index (Phi) is 5.35. The molecule has 1 amide bonds. The van der Waals surface area contributed by atoms with E-state index >= 15 is 0 Å². The summed E-state index contributed by atoms with van der Waals surface area (Å²) in [7, 11) is 0. The number of aromatic nitrogens is 2. The summed E-state index contributed by atoms with van der Waals surface area (Å²) in [6.07, 6.45) is 4.06. The standard InChI is InChI=1S/C13H22N4O2/c1-12(16-7-9-19-10-8-16)11-14-13(18)3-6-17-5-2-4-15-17/h2,4-5,12H,3,6-11H2,1H3,(H,14,18)/t12-/m1/s1. The Hall–Kier alpha value is -1.40. The summed E-state index contributed by atoms with van der Waals surface area (Å²) in [6, 6.07) is 2.22. The molecule has 1 aliphatic heterocycles. The molecule has 0 radical (unpaired) electrons. The molecule has 2 heterocycles. The van der Waals surface area contributed by atoms with Gasteiger partial charge in [-0.05, 0) is 13.0 Å². The van der Waals surface area contributed by atoms with Gasteiger partial charge in [0.2, 0.25) is 5.91 Å². The van der Waals surface area contributed by atoms with Gasteiger partial charge in [-0.25, -0.2) is 0 Å². The number of hydrogen-bond acceptors (Lipinski definition) is 4. The van der Waals surface area contributed by atoms with Crippen LogP contribution in [0.1, 0.15) is 13.3 Å². The van der Waals surface area contributed by atoms with Crippen molar-refractivity contribution in [2.45, 2.75) is 25.9 Å². The zero-order valence-corrected chi connectivity index (χ0v) is 11.4. The highest BCUT2D eigenvalue weighted by Gasteiger charge is 2.17. The molecule has 1 aliphatic rings. The SMILES string of the molecule is C[C@H](CNC(=O)CCn1cccn1)N1CCOCC1. The van der Waals surface area contributed by atoms with Gasteiger partial charge in [-0.2, -0.15) is 5.10 Å². The lowest BCUT2D eigenvalue weighted by Crippen LogP contribution is -2.47. The molecule has 0 aromatic carbocycles. The van der Waals surface area contributed by atoms with Crippen LogP contribution in [0.3, 0.4) is 0 Å². The maximum Gasteiger partial charge on any atom is 0.221 e. The van der Waals surface area contributed by atoms with Crippen molar-refractivity contribution in [2.75, 3.05) is 32.8 Å². The van der Waals surface area contributed by atoms with Gasteiger partial charge < -0.3 is 10.1 Å². The average Bonchev–Trinajstić information content (AvgIpc) is 2.96. The number of nitrogens with zero attached hydrogens (tertiary/aromatic N) is 3. The van der Waals surface area contributed by atoms with Gasteiger partial charge in [0.15, 0.2) is 0 Å². The number of aryl methyl sites for hydroxylation is 1. The molecule has 1 saturated heterocycles. The minimum absolute atomic E-state index is 0.0793. The smallest absolute Gasteiger partial charge is 0.221 e. The fourth-order valence-corrected chi connectivity index (χ4v) is 2.15. The summed E-state index contributed by atoms with van der Waals surface area (Å²) >= 11 is 0. The summed E-state index contributed by atoms with van der Waals surface area (Å²) in [6.45, 7) is 6.94. The molecular formula is C13H22N4O2. The summed E-state index contributed by atoms with van der Waals surface area (Å²) < 4.78 is 7.09. The predicted molar refractivity (Wildman–Crippen MR) is 71.7 cm³/mol. The maximum absolute atomic E-state index is 11.7. The molecule has 6 nitrogen and oxygen atoms in total. The van der Waals surface area contributed by atoms with Crippen molar-refractivity contribution >= 4 is 5.91 Å². The Morgan fingerprint density at radius 2 is 2.26 bits per heavy atom. The number of nitrogens with one attached hydrogen (secondary N) is 1. The highest BCUT2D eigenvalue weighted by Crippen LogP contribution is 2.02. The fourth-order valence-electron chi connectivity index (χ4n) is 2.15. The first-order valence-corrected chi connectivity index (χ1v) is 6.81. The first-order chi connectivity index (χ1) is 9.25. The molecular weight excluding hydrogens is 244 g/mol. The van der Waals surface area contributed by atoms with E-state index in [4.69, 9.17) is 4.74 Å². The second-order valence-electron chi connectivity index (χ2n) is 4.82. The van der Waals surface area contributed by atoms with Crippen molar-refractivity contribution in [1.82, 2.24) is 20.0 Å². The van der Waals surface area contributed by atoms with Crippen molar-refractivity contribution in [3.8, 4) is 0 Å². The van der Waals surface area contributed by atoms with E-state index in [0.29, 0.717) is 25.6 Å². The number of carbonyl (C=O) groups excluding carboxylic acids is 1. The second-order valence-corrected chi connectivity index (χ2v) is 4.82. The van der Waals surface area contributed by atoms with Gasteiger partial charge in [0.05, 0.1) is 13.2 Å². The van der Waals surface area contributed by atoms with Crippen molar-refractivity contribution in [3.63, 3.8) is 0 Å². The van der Waals surface area contributed by atoms with Crippen LogP contribution in [0.5, 0.6) is 0 Å². The molecule has 106 valence electrons. The van der Waals surface area contributed by atoms with E-state index < -0.39 is 0 Å². The zero-order valence-electron chi connectivity index (χ0n) is 11.4. The fraction of sp³-hybridized carbons (Fsp3) is 0.692. The van der Waals surface area contributed by atoms with E-state index in [1.807, 2.05) is 12.3 Å². The summed E-state index contributed by atoms with van der Waals surface area (Å²) in [4.78, 5) is 14.1. The zero-order chi connectivity index (χ0) is 13.5. The Balaban J connectivity index is 1.62. The van der Waals surface area contributed by atoms with Crippen LogP contribution in [-0.2, 0) is 16.1 Å². The van der Waals surface area contributed by atoms with Crippen LogP contribution in [0.4, 0.5) is 0 Å². The van der Waals surface area contributed by atoms with Gasteiger partial charge in [-0.1, -0.05) is 0 Å². The Morgan fingerprint density at radius 1 is 1.47 bits per heavy atom. The monoisotopic (exact) mass is 266 g/mol. The van der Waals surface area contributed by atoms with Crippen LogP contribution in [-0.4, -0.2) is 59.5 Å². The molecule has 1 aromatic heterocycles. The van der Waals surface area contributed by atoms with Crippen LogP contribution in [0.25, 0.3) is 0 Å². The van der Waals surface area contributed by atoms with Crippen LogP contribution in [0.2, 0.25) is 0 Å². The second kappa shape index (κ2) is 7.25. The van der Waals surface area contributed by atoms with Gasteiger partial charge in [0.25, 0.3) is 0 Å². The van der Waals surface area contributed by atoms with Gasteiger partial charge >= 0.3 is 0 Å². The average molecular weight is 266 g/mol. The Morgan fingerprint density at radius 3 is 2.95 bits per heavy atom. The van der Waals surface area contributed by atoms with Crippen molar-refractivity contribution in [2.24, 2.45) is 0 Å². The highest BCUT2D eigenvalue weighted by molar-refractivity contribution is 5.75. The number of rotatable bonds is 6. The van der Waals surface area contributed by atoms with Gasteiger partial charge in [0.1, 0.15) is 0 Å². The maximum atomic E-state index is 11.7. The Labute approximate surface area is 113 Å². The molecule has 19 heavy (non-hydrogen) atoms. The topological polar surface area (TPSA) is 59.4 Å². The molecule has 1 N–H and O–H groups in total. The lowest BCUT2D eigenvalue weighted by atomic mass is 10.2. The number of ether oxygens (including phenoxy) is 1. The molecule has 6 heteroatoms. The number of amides is 1. The molecule has 0 saturated carbocycles. The van der Waals surface area contributed by atoms with Gasteiger partial charge in [-0.3, -0.25) is 14.4 Å². The molecule has 0 bridgehead atoms. The predicted octanol–water partition coefficient (Wildman–Crippen LogP) is 0.110. The molecule has 0 spiro atoms. The summed E-state index contributed by atoms with van der Waals surface area (Å²) in [5.74, 6) is 0.0793. The highest BCUT2D eigenvalue weighted by atomic mass is 16.5. The van der Waals surface area contributed by atoms with E-state index in [9.17, 15) is 4.79 Å². The third-order valence-corrected chi connectivity index (χ3v) is 3.39. The number of carbonyl (C=O) groups is 1. The normalized spacial score (nSPS) is 18.2. The van der Waals surface area contributed by atoms with Crippen molar-refractivity contribution < 1.29 is 9.53 Å². The third-order valence-electron chi connectivity index (χ3n) is 3.39. The van der Waals surface area contributed by atoms with Crippen molar-refractivity contribution in [1.29, 1.82) is 0 Å². The van der Waals surface area contributed by atoms with Gasteiger partial charge in [0, 0.05) is 51.0 Å². The molecule has 0 aliphatic carbocycles. The molecule has 2 rings (SSSR count).